The standard InChI is InChI=1S/C10H21NO2/c1-4-11-5-6-12-10(7-11)8-13-9(2)3/h9-10H,4-8H2,1-3H3/t10-/m1/s1. The van der Waals surface area contributed by atoms with Crippen LogP contribution in [-0.2, 0) is 9.47 Å². The molecule has 0 spiro atoms. The van der Waals surface area contributed by atoms with E-state index in [1.165, 1.54) is 0 Å². The molecule has 0 aromatic heterocycles. The van der Waals surface area contributed by atoms with E-state index < -0.39 is 0 Å². The maximum absolute atomic E-state index is 5.59. The molecule has 1 heterocycles. The Morgan fingerprint density at radius 1 is 1.54 bits per heavy atom. The monoisotopic (exact) mass is 187 g/mol. The van der Waals surface area contributed by atoms with E-state index in [9.17, 15) is 0 Å². The van der Waals surface area contributed by atoms with E-state index in [0.717, 1.165) is 32.8 Å². The first kappa shape index (κ1) is 11.0. The fraction of sp³-hybridized carbons (Fsp3) is 1.00. The summed E-state index contributed by atoms with van der Waals surface area (Å²) in [5.74, 6) is 0. The lowest BCUT2D eigenvalue weighted by Crippen LogP contribution is -2.44. The molecule has 78 valence electrons. The first-order chi connectivity index (χ1) is 6.22. The van der Waals surface area contributed by atoms with Crippen molar-refractivity contribution in [1.82, 2.24) is 4.90 Å². The summed E-state index contributed by atoms with van der Waals surface area (Å²) >= 11 is 0. The van der Waals surface area contributed by atoms with Crippen molar-refractivity contribution in [2.24, 2.45) is 0 Å². The van der Waals surface area contributed by atoms with Gasteiger partial charge in [0.1, 0.15) is 0 Å². The highest BCUT2D eigenvalue weighted by Gasteiger charge is 2.19. The fourth-order valence-corrected chi connectivity index (χ4v) is 1.47. The zero-order valence-electron chi connectivity index (χ0n) is 8.95. The van der Waals surface area contributed by atoms with Crippen molar-refractivity contribution in [2.45, 2.75) is 33.0 Å². The molecule has 1 atom stereocenters. The molecular formula is C10H21NO2. The number of likely N-dealkylation sites (N-methyl/N-ethyl adjacent to an activating group) is 1. The van der Waals surface area contributed by atoms with Gasteiger partial charge in [-0.25, -0.2) is 0 Å². The van der Waals surface area contributed by atoms with Crippen LogP contribution < -0.4 is 0 Å². The normalized spacial score (nSPS) is 25.4. The van der Waals surface area contributed by atoms with Crippen LogP contribution in [0.5, 0.6) is 0 Å². The summed E-state index contributed by atoms with van der Waals surface area (Å²) in [6.45, 7) is 11.1. The number of hydrogen-bond donors (Lipinski definition) is 0. The van der Waals surface area contributed by atoms with Crippen LogP contribution in [0.1, 0.15) is 20.8 Å². The Labute approximate surface area is 81.0 Å². The van der Waals surface area contributed by atoms with Crippen LogP contribution in [0.3, 0.4) is 0 Å². The number of morpholine rings is 1. The summed E-state index contributed by atoms with van der Waals surface area (Å²) in [6, 6.07) is 0. The minimum Gasteiger partial charge on any atom is -0.376 e. The second-order valence-corrected chi connectivity index (χ2v) is 3.77. The lowest BCUT2D eigenvalue weighted by Gasteiger charge is -2.32. The van der Waals surface area contributed by atoms with Crippen molar-refractivity contribution in [3.63, 3.8) is 0 Å². The molecule has 0 radical (unpaired) electrons. The minimum atomic E-state index is 0.274. The molecule has 0 aliphatic carbocycles. The maximum atomic E-state index is 5.59. The largest absolute Gasteiger partial charge is 0.376 e. The molecule has 0 saturated carbocycles. The molecular weight excluding hydrogens is 166 g/mol. The summed E-state index contributed by atoms with van der Waals surface area (Å²) in [6.07, 6.45) is 0.580. The first-order valence-corrected chi connectivity index (χ1v) is 5.18. The smallest absolute Gasteiger partial charge is 0.0935 e. The zero-order valence-corrected chi connectivity index (χ0v) is 8.95. The molecule has 1 fully saturated rings. The highest BCUT2D eigenvalue weighted by molar-refractivity contribution is 4.70. The molecule has 3 nitrogen and oxygen atoms in total. The molecule has 1 saturated heterocycles. The van der Waals surface area contributed by atoms with Crippen LogP contribution >= 0.6 is 0 Å². The summed E-state index contributed by atoms with van der Waals surface area (Å²) in [5.41, 5.74) is 0. The summed E-state index contributed by atoms with van der Waals surface area (Å²) in [7, 11) is 0. The van der Waals surface area contributed by atoms with Gasteiger partial charge in [-0.1, -0.05) is 6.92 Å². The van der Waals surface area contributed by atoms with Crippen molar-refractivity contribution < 1.29 is 9.47 Å². The third-order valence-corrected chi connectivity index (χ3v) is 2.29. The zero-order chi connectivity index (χ0) is 9.68. The molecule has 3 heteroatoms. The fourth-order valence-electron chi connectivity index (χ4n) is 1.47. The third kappa shape index (κ3) is 4.07. The molecule has 1 rings (SSSR count). The van der Waals surface area contributed by atoms with Crippen molar-refractivity contribution in [1.29, 1.82) is 0 Å². The number of nitrogens with zero attached hydrogens (tertiary/aromatic N) is 1. The SMILES string of the molecule is CCN1CCO[C@@H](COC(C)C)C1. The van der Waals surface area contributed by atoms with Gasteiger partial charge in [0, 0.05) is 13.1 Å². The van der Waals surface area contributed by atoms with Crippen molar-refractivity contribution in [2.75, 3.05) is 32.8 Å². The predicted octanol–water partition coefficient (Wildman–Crippen LogP) is 1.13. The summed E-state index contributed by atoms with van der Waals surface area (Å²) in [5, 5.41) is 0. The Morgan fingerprint density at radius 3 is 2.92 bits per heavy atom. The number of hydrogen-bond acceptors (Lipinski definition) is 3. The van der Waals surface area contributed by atoms with Gasteiger partial charge in [0.15, 0.2) is 0 Å². The third-order valence-electron chi connectivity index (χ3n) is 2.29. The Hall–Kier alpha value is -0.120. The van der Waals surface area contributed by atoms with Gasteiger partial charge in [0.2, 0.25) is 0 Å². The Balaban J connectivity index is 2.18. The van der Waals surface area contributed by atoms with Crippen LogP contribution in [0.15, 0.2) is 0 Å². The average Bonchev–Trinajstić information content (AvgIpc) is 2.15. The highest BCUT2D eigenvalue weighted by atomic mass is 16.5. The Morgan fingerprint density at radius 2 is 2.31 bits per heavy atom. The highest BCUT2D eigenvalue weighted by Crippen LogP contribution is 2.05. The lowest BCUT2D eigenvalue weighted by atomic mass is 10.3. The van der Waals surface area contributed by atoms with E-state index in [2.05, 4.69) is 25.7 Å². The lowest BCUT2D eigenvalue weighted by molar-refractivity contribution is -0.0785. The maximum Gasteiger partial charge on any atom is 0.0935 e. The van der Waals surface area contributed by atoms with E-state index in [-0.39, 0.29) is 6.10 Å². The van der Waals surface area contributed by atoms with Crippen LogP contribution in [-0.4, -0.2) is 50.0 Å². The van der Waals surface area contributed by atoms with Gasteiger partial charge in [-0.15, -0.1) is 0 Å². The Kier molecular flexibility index (Phi) is 4.70. The molecule has 0 bridgehead atoms. The van der Waals surface area contributed by atoms with Gasteiger partial charge in [-0.05, 0) is 20.4 Å². The summed E-state index contributed by atoms with van der Waals surface area (Å²) in [4.78, 5) is 2.40. The second-order valence-electron chi connectivity index (χ2n) is 3.77. The van der Waals surface area contributed by atoms with E-state index in [1.807, 2.05) is 0 Å². The van der Waals surface area contributed by atoms with Gasteiger partial charge >= 0.3 is 0 Å². The van der Waals surface area contributed by atoms with E-state index in [0.29, 0.717) is 6.10 Å². The van der Waals surface area contributed by atoms with Gasteiger partial charge in [0.25, 0.3) is 0 Å². The second kappa shape index (κ2) is 5.58. The van der Waals surface area contributed by atoms with Gasteiger partial charge in [-0.2, -0.15) is 0 Å². The molecule has 0 aromatic carbocycles. The van der Waals surface area contributed by atoms with Crippen LogP contribution in [0.25, 0.3) is 0 Å². The molecule has 13 heavy (non-hydrogen) atoms. The van der Waals surface area contributed by atoms with Gasteiger partial charge in [-0.3, -0.25) is 4.90 Å². The first-order valence-electron chi connectivity index (χ1n) is 5.18. The average molecular weight is 187 g/mol. The van der Waals surface area contributed by atoms with Crippen LogP contribution in [0.4, 0.5) is 0 Å². The quantitative estimate of drug-likeness (QED) is 0.658. The summed E-state index contributed by atoms with van der Waals surface area (Å²) < 4.78 is 11.1. The topological polar surface area (TPSA) is 21.7 Å². The van der Waals surface area contributed by atoms with E-state index >= 15 is 0 Å². The number of rotatable bonds is 4. The molecule has 1 aliphatic rings. The van der Waals surface area contributed by atoms with E-state index in [4.69, 9.17) is 9.47 Å². The van der Waals surface area contributed by atoms with Gasteiger partial charge in [0.05, 0.1) is 25.4 Å². The van der Waals surface area contributed by atoms with Crippen molar-refractivity contribution in [3.05, 3.63) is 0 Å². The minimum absolute atomic E-state index is 0.274. The molecule has 0 amide bonds. The van der Waals surface area contributed by atoms with Crippen molar-refractivity contribution >= 4 is 0 Å². The van der Waals surface area contributed by atoms with Crippen molar-refractivity contribution in [3.8, 4) is 0 Å². The molecule has 0 N–H and O–H groups in total. The van der Waals surface area contributed by atoms with Crippen LogP contribution in [0.2, 0.25) is 0 Å². The van der Waals surface area contributed by atoms with Gasteiger partial charge < -0.3 is 9.47 Å². The van der Waals surface area contributed by atoms with E-state index in [1.54, 1.807) is 0 Å². The predicted molar refractivity (Wildman–Crippen MR) is 52.9 cm³/mol. The molecule has 1 aliphatic heterocycles. The van der Waals surface area contributed by atoms with Crippen LogP contribution in [0, 0.1) is 0 Å². The molecule has 0 aromatic rings. The number of ether oxygens (including phenoxy) is 2. The Bertz CT molecular complexity index is 139. The molecule has 0 unspecified atom stereocenters.